The monoisotopic (exact) mass is 248 g/mol. The fourth-order valence-corrected chi connectivity index (χ4v) is 2.48. The number of carbonyl (C=O) groups excluding carboxylic acids is 1. The van der Waals surface area contributed by atoms with Crippen LogP contribution in [0, 0.1) is 11.8 Å². The number of allylic oxidation sites excluding steroid dienone is 4. The molecule has 0 saturated heterocycles. The molecule has 1 aliphatic rings. The Bertz CT molecular complexity index is 288. The van der Waals surface area contributed by atoms with Crippen LogP contribution in [0.2, 0.25) is 0 Å². The minimum absolute atomic E-state index is 0.238. The fourth-order valence-electron chi connectivity index (χ4n) is 2.48. The number of hydrogen-bond donors (Lipinski definition) is 0. The highest BCUT2D eigenvalue weighted by Crippen LogP contribution is 2.22. The molecule has 0 bridgehead atoms. The van der Waals surface area contributed by atoms with Gasteiger partial charge < -0.3 is 0 Å². The molecule has 0 aliphatic heterocycles. The van der Waals surface area contributed by atoms with E-state index in [1.807, 2.05) is 0 Å². The van der Waals surface area contributed by atoms with Crippen molar-refractivity contribution < 1.29 is 4.79 Å². The molecule has 18 heavy (non-hydrogen) atoms. The van der Waals surface area contributed by atoms with Gasteiger partial charge in [0.1, 0.15) is 5.78 Å². The van der Waals surface area contributed by atoms with Crippen molar-refractivity contribution >= 4 is 5.78 Å². The van der Waals surface area contributed by atoms with Gasteiger partial charge in [-0.3, -0.25) is 4.79 Å². The van der Waals surface area contributed by atoms with Gasteiger partial charge in [-0.15, -0.1) is 0 Å². The van der Waals surface area contributed by atoms with Crippen LogP contribution < -0.4 is 0 Å². The molecule has 102 valence electrons. The first-order valence-electron chi connectivity index (χ1n) is 7.59. The lowest BCUT2D eigenvalue weighted by Crippen LogP contribution is -2.21. The van der Waals surface area contributed by atoms with Crippen LogP contribution in [0.4, 0.5) is 0 Å². The van der Waals surface area contributed by atoms with Crippen molar-refractivity contribution in [1.29, 1.82) is 0 Å². The van der Waals surface area contributed by atoms with E-state index in [1.54, 1.807) is 0 Å². The van der Waals surface area contributed by atoms with Crippen LogP contribution in [0.25, 0.3) is 0 Å². The molecule has 1 heteroatoms. The van der Waals surface area contributed by atoms with E-state index in [0.717, 1.165) is 51.4 Å². The van der Waals surface area contributed by atoms with Crippen LogP contribution in [0.5, 0.6) is 0 Å². The van der Waals surface area contributed by atoms with Gasteiger partial charge in [0, 0.05) is 11.8 Å². The lowest BCUT2D eigenvalue weighted by molar-refractivity contribution is -0.126. The standard InChI is InChI=1S/C17H28O/c1-3-15(2)17(18)16-13-11-9-7-5-4-6-8-10-12-14-16/h5,7-8,10,15-16H,3-4,6,9,11-14H2,1-2H3/b7-5-,10-8-. The van der Waals surface area contributed by atoms with E-state index in [0.29, 0.717) is 5.78 Å². The summed E-state index contributed by atoms with van der Waals surface area (Å²) in [5.74, 6) is 1.02. The zero-order valence-electron chi connectivity index (χ0n) is 12.0. The predicted molar refractivity (Wildman–Crippen MR) is 78.6 cm³/mol. The molecule has 0 spiro atoms. The maximum absolute atomic E-state index is 12.3. The Hall–Kier alpha value is -0.850. The predicted octanol–water partition coefficient (Wildman–Crippen LogP) is 5.07. The third kappa shape index (κ3) is 5.66. The van der Waals surface area contributed by atoms with Gasteiger partial charge >= 0.3 is 0 Å². The highest BCUT2D eigenvalue weighted by atomic mass is 16.1. The van der Waals surface area contributed by atoms with Crippen LogP contribution in [0.15, 0.2) is 24.3 Å². The summed E-state index contributed by atoms with van der Waals surface area (Å²) in [6, 6.07) is 0. The smallest absolute Gasteiger partial charge is 0.138 e. The Labute approximate surface area is 112 Å². The Morgan fingerprint density at radius 2 is 1.67 bits per heavy atom. The molecule has 0 aromatic carbocycles. The molecule has 0 amide bonds. The molecule has 0 aromatic heterocycles. The van der Waals surface area contributed by atoms with Gasteiger partial charge in [0.05, 0.1) is 0 Å². The Morgan fingerprint density at radius 1 is 1.06 bits per heavy atom. The minimum atomic E-state index is 0.238. The van der Waals surface area contributed by atoms with E-state index < -0.39 is 0 Å². The SMILES string of the molecule is CCC(C)C(=O)C1CC/C=C\CC/C=C\CCC1. The molecule has 0 radical (unpaired) electrons. The summed E-state index contributed by atoms with van der Waals surface area (Å²) in [5, 5.41) is 0. The van der Waals surface area contributed by atoms with Crippen LogP contribution in [0.1, 0.15) is 65.2 Å². The molecule has 0 fully saturated rings. The van der Waals surface area contributed by atoms with E-state index >= 15 is 0 Å². The highest BCUT2D eigenvalue weighted by Gasteiger charge is 2.21. The lowest BCUT2D eigenvalue weighted by atomic mass is 9.85. The van der Waals surface area contributed by atoms with Crippen molar-refractivity contribution in [2.45, 2.75) is 65.2 Å². The van der Waals surface area contributed by atoms with Crippen molar-refractivity contribution in [2.24, 2.45) is 11.8 Å². The summed E-state index contributed by atoms with van der Waals surface area (Å²) in [6.45, 7) is 4.19. The average molecular weight is 248 g/mol. The van der Waals surface area contributed by atoms with Crippen molar-refractivity contribution in [3.05, 3.63) is 24.3 Å². The Balaban J connectivity index is 2.55. The van der Waals surface area contributed by atoms with Crippen molar-refractivity contribution in [3.63, 3.8) is 0 Å². The quantitative estimate of drug-likeness (QED) is 0.637. The average Bonchev–Trinajstić information content (AvgIpc) is 2.37. The summed E-state index contributed by atoms with van der Waals surface area (Å²) in [5.41, 5.74) is 0. The van der Waals surface area contributed by atoms with Crippen molar-refractivity contribution in [2.75, 3.05) is 0 Å². The van der Waals surface area contributed by atoms with E-state index in [1.165, 1.54) is 0 Å². The molecule has 0 saturated carbocycles. The van der Waals surface area contributed by atoms with Crippen molar-refractivity contribution in [1.82, 2.24) is 0 Å². The summed E-state index contributed by atoms with van der Waals surface area (Å²) >= 11 is 0. The second-order valence-electron chi connectivity index (χ2n) is 5.44. The molecule has 0 aromatic rings. The van der Waals surface area contributed by atoms with Gasteiger partial charge in [-0.25, -0.2) is 0 Å². The summed E-state index contributed by atoms with van der Waals surface area (Å²) in [7, 11) is 0. The maximum atomic E-state index is 12.3. The summed E-state index contributed by atoms with van der Waals surface area (Å²) < 4.78 is 0. The van der Waals surface area contributed by atoms with Gasteiger partial charge in [-0.2, -0.15) is 0 Å². The van der Waals surface area contributed by atoms with Crippen molar-refractivity contribution in [3.8, 4) is 0 Å². The van der Waals surface area contributed by atoms with E-state index in [9.17, 15) is 4.79 Å². The van der Waals surface area contributed by atoms with E-state index in [2.05, 4.69) is 38.2 Å². The minimum Gasteiger partial charge on any atom is -0.299 e. The second-order valence-corrected chi connectivity index (χ2v) is 5.44. The molecule has 1 rings (SSSR count). The highest BCUT2D eigenvalue weighted by molar-refractivity contribution is 5.83. The van der Waals surface area contributed by atoms with Crippen LogP contribution in [-0.2, 0) is 4.79 Å². The zero-order chi connectivity index (χ0) is 13.2. The number of ketones is 1. The Morgan fingerprint density at radius 3 is 2.33 bits per heavy atom. The van der Waals surface area contributed by atoms with Gasteiger partial charge in [0.2, 0.25) is 0 Å². The first-order valence-corrected chi connectivity index (χ1v) is 7.59. The number of carbonyl (C=O) groups is 1. The molecule has 1 aliphatic carbocycles. The maximum Gasteiger partial charge on any atom is 0.138 e. The third-order valence-corrected chi connectivity index (χ3v) is 3.94. The topological polar surface area (TPSA) is 17.1 Å². The van der Waals surface area contributed by atoms with Crippen LogP contribution in [-0.4, -0.2) is 5.78 Å². The molecule has 0 N–H and O–H groups in total. The lowest BCUT2D eigenvalue weighted by Gasteiger charge is -2.18. The first-order chi connectivity index (χ1) is 8.75. The molecule has 1 nitrogen and oxygen atoms in total. The second kappa shape index (κ2) is 9.13. The number of rotatable bonds is 3. The first kappa shape index (κ1) is 15.2. The third-order valence-electron chi connectivity index (χ3n) is 3.94. The van der Waals surface area contributed by atoms with Gasteiger partial charge in [-0.05, 0) is 51.4 Å². The Kier molecular flexibility index (Phi) is 7.71. The number of Topliss-reactive ketones (excluding diaryl/α,β-unsaturated/α-hetero) is 1. The fraction of sp³-hybridized carbons (Fsp3) is 0.706. The molecule has 0 heterocycles. The van der Waals surface area contributed by atoms with Crippen LogP contribution >= 0.6 is 0 Å². The molecule has 2 unspecified atom stereocenters. The van der Waals surface area contributed by atoms with E-state index in [4.69, 9.17) is 0 Å². The molecule has 2 atom stereocenters. The summed E-state index contributed by atoms with van der Waals surface area (Å²) in [6.07, 6.45) is 17.8. The molecular formula is C17H28O. The largest absolute Gasteiger partial charge is 0.299 e. The normalized spacial score (nSPS) is 27.6. The summed E-state index contributed by atoms with van der Waals surface area (Å²) in [4.78, 5) is 12.3. The van der Waals surface area contributed by atoms with Gasteiger partial charge in [0.15, 0.2) is 0 Å². The van der Waals surface area contributed by atoms with E-state index in [-0.39, 0.29) is 11.8 Å². The molecular weight excluding hydrogens is 220 g/mol. The van der Waals surface area contributed by atoms with Gasteiger partial charge in [-0.1, -0.05) is 38.2 Å². The zero-order valence-corrected chi connectivity index (χ0v) is 12.0. The number of hydrogen-bond acceptors (Lipinski definition) is 1. The van der Waals surface area contributed by atoms with Gasteiger partial charge in [0.25, 0.3) is 0 Å². The van der Waals surface area contributed by atoms with Crippen LogP contribution in [0.3, 0.4) is 0 Å².